The molecule has 7 nitrogen and oxygen atoms in total. The van der Waals surface area contributed by atoms with Crippen LogP contribution in [-0.4, -0.2) is 46.0 Å². The van der Waals surface area contributed by atoms with E-state index in [9.17, 15) is 14.7 Å². The molecule has 1 aromatic carbocycles. The molecule has 0 aliphatic carbocycles. The molecule has 2 aliphatic heterocycles. The van der Waals surface area contributed by atoms with Crippen LogP contribution in [0.3, 0.4) is 0 Å². The van der Waals surface area contributed by atoms with Crippen molar-refractivity contribution in [3.63, 3.8) is 0 Å². The van der Waals surface area contributed by atoms with Crippen LogP contribution in [0.5, 0.6) is 5.75 Å². The molecular formula is C20H27NO6. The third kappa shape index (κ3) is 4.18. The lowest BCUT2D eigenvalue weighted by molar-refractivity contribution is -0.180. The Balaban J connectivity index is 1.84. The van der Waals surface area contributed by atoms with Gasteiger partial charge < -0.3 is 19.3 Å². The van der Waals surface area contributed by atoms with Gasteiger partial charge in [-0.1, -0.05) is 6.07 Å². The highest BCUT2D eigenvalue weighted by atomic mass is 16.7. The fraction of sp³-hybridized carbons (Fsp3) is 0.600. The van der Waals surface area contributed by atoms with E-state index in [1.807, 2.05) is 32.0 Å². The number of carboxylic acids is 1. The second kappa shape index (κ2) is 6.71. The van der Waals surface area contributed by atoms with Crippen molar-refractivity contribution < 1.29 is 28.9 Å². The lowest BCUT2D eigenvalue weighted by Gasteiger charge is -2.33. The minimum Gasteiger partial charge on any atom is -0.480 e. The summed E-state index contributed by atoms with van der Waals surface area (Å²) < 4.78 is 16.9. The summed E-state index contributed by atoms with van der Waals surface area (Å²) in [5, 5.41) is 9.77. The predicted molar refractivity (Wildman–Crippen MR) is 97.7 cm³/mol. The average molecular weight is 377 g/mol. The molecule has 0 spiro atoms. The maximum absolute atomic E-state index is 12.5. The topological polar surface area (TPSA) is 85.3 Å². The monoisotopic (exact) mass is 377 g/mol. The first-order chi connectivity index (χ1) is 12.5. The molecule has 148 valence electrons. The van der Waals surface area contributed by atoms with Gasteiger partial charge in [0.2, 0.25) is 5.79 Å². The predicted octanol–water partition coefficient (Wildman–Crippen LogP) is 3.51. The van der Waals surface area contributed by atoms with E-state index in [0.717, 1.165) is 16.9 Å². The Morgan fingerprint density at radius 3 is 2.63 bits per heavy atom. The van der Waals surface area contributed by atoms with Crippen molar-refractivity contribution in [1.29, 1.82) is 0 Å². The quantitative estimate of drug-likeness (QED) is 0.849. The molecule has 2 aliphatic rings. The number of amides is 1. The lowest BCUT2D eigenvalue weighted by atomic mass is 9.90. The Morgan fingerprint density at radius 1 is 1.30 bits per heavy atom. The Bertz CT molecular complexity index is 751. The highest BCUT2D eigenvalue weighted by molar-refractivity contribution is 5.82. The number of benzene rings is 1. The first-order valence-corrected chi connectivity index (χ1v) is 9.15. The SMILES string of the molecule is CC(C)(C)OC(=O)N1CC[C@H](c2ccc3c(c2)COC(C)(C)O3)[C@H]1C(=O)O. The number of rotatable bonds is 2. The molecule has 3 rings (SSSR count). The van der Waals surface area contributed by atoms with Gasteiger partial charge in [-0.2, -0.15) is 0 Å². The third-order valence-electron chi connectivity index (χ3n) is 4.72. The van der Waals surface area contributed by atoms with Gasteiger partial charge in [0.15, 0.2) is 0 Å². The standard InChI is InChI=1S/C20H27NO6/c1-19(2,3)27-18(24)21-9-8-14(16(21)17(22)23)12-6-7-15-13(10-12)11-25-20(4,5)26-15/h6-7,10,14,16H,8-9,11H2,1-5H3,(H,22,23)/t14-,16+/m1/s1. The van der Waals surface area contributed by atoms with Crippen LogP contribution in [-0.2, 0) is 20.9 Å². The summed E-state index contributed by atoms with van der Waals surface area (Å²) in [6.45, 7) is 9.72. The second-order valence-electron chi connectivity index (χ2n) is 8.51. The molecule has 1 aromatic rings. The van der Waals surface area contributed by atoms with Crippen molar-refractivity contribution in [1.82, 2.24) is 4.90 Å². The molecule has 0 saturated carbocycles. The maximum Gasteiger partial charge on any atom is 0.411 e. The van der Waals surface area contributed by atoms with Gasteiger partial charge in [0.1, 0.15) is 17.4 Å². The van der Waals surface area contributed by atoms with Crippen molar-refractivity contribution in [2.24, 2.45) is 0 Å². The second-order valence-corrected chi connectivity index (χ2v) is 8.51. The van der Waals surface area contributed by atoms with E-state index in [1.54, 1.807) is 20.8 Å². The molecule has 1 saturated heterocycles. The van der Waals surface area contributed by atoms with Gasteiger partial charge in [-0.3, -0.25) is 4.90 Å². The summed E-state index contributed by atoms with van der Waals surface area (Å²) in [7, 11) is 0. The van der Waals surface area contributed by atoms with Crippen LogP contribution in [0.1, 0.15) is 58.1 Å². The number of fused-ring (bicyclic) bond motifs is 1. The van der Waals surface area contributed by atoms with Gasteiger partial charge in [-0.15, -0.1) is 0 Å². The van der Waals surface area contributed by atoms with Gasteiger partial charge in [-0.25, -0.2) is 9.59 Å². The van der Waals surface area contributed by atoms with Crippen LogP contribution >= 0.6 is 0 Å². The van der Waals surface area contributed by atoms with Gasteiger partial charge in [0.05, 0.1) is 6.61 Å². The number of likely N-dealkylation sites (tertiary alicyclic amines) is 1. The molecule has 2 atom stereocenters. The zero-order chi connectivity index (χ0) is 20.0. The van der Waals surface area contributed by atoms with Gasteiger partial charge in [0.25, 0.3) is 0 Å². The zero-order valence-corrected chi connectivity index (χ0v) is 16.4. The summed E-state index contributed by atoms with van der Waals surface area (Å²) in [6, 6.07) is 4.69. The van der Waals surface area contributed by atoms with E-state index in [0.29, 0.717) is 19.6 Å². The smallest absolute Gasteiger partial charge is 0.411 e. The van der Waals surface area contributed by atoms with Crippen molar-refractivity contribution in [3.05, 3.63) is 29.3 Å². The fourth-order valence-electron chi connectivity index (χ4n) is 3.56. The van der Waals surface area contributed by atoms with E-state index < -0.39 is 29.5 Å². The molecule has 1 N–H and O–H groups in total. The van der Waals surface area contributed by atoms with E-state index in [4.69, 9.17) is 14.2 Å². The van der Waals surface area contributed by atoms with Gasteiger partial charge in [0, 0.05) is 31.9 Å². The van der Waals surface area contributed by atoms with Crippen molar-refractivity contribution in [3.8, 4) is 5.75 Å². The molecule has 0 radical (unpaired) electrons. The van der Waals surface area contributed by atoms with E-state index >= 15 is 0 Å². The molecule has 27 heavy (non-hydrogen) atoms. The van der Waals surface area contributed by atoms with Gasteiger partial charge in [-0.05, 0) is 44.9 Å². The zero-order valence-electron chi connectivity index (χ0n) is 16.4. The summed E-state index contributed by atoms with van der Waals surface area (Å²) in [4.78, 5) is 25.7. The van der Waals surface area contributed by atoms with E-state index in [-0.39, 0.29) is 5.92 Å². The van der Waals surface area contributed by atoms with Crippen LogP contribution in [0.2, 0.25) is 0 Å². The molecule has 7 heteroatoms. The summed E-state index contributed by atoms with van der Waals surface area (Å²) >= 11 is 0. The maximum atomic E-state index is 12.5. The number of hydrogen-bond acceptors (Lipinski definition) is 5. The Kier molecular flexibility index (Phi) is 4.84. The molecule has 0 unspecified atom stereocenters. The highest BCUT2D eigenvalue weighted by Crippen LogP contribution is 2.38. The first kappa shape index (κ1) is 19.5. The minimum absolute atomic E-state index is 0.310. The number of nitrogens with zero attached hydrogens (tertiary/aromatic N) is 1. The van der Waals surface area contributed by atoms with Crippen molar-refractivity contribution in [2.75, 3.05) is 6.54 Å². The van der Waals surface area contributed by atoms with Crippen LogP contribution in [0.25, 0.3) is 0 Å². The number of aliphatic carboxylic acids is 1. The molecule has 0 aromatic heterocycles. The molecule has 1 fully saturated rings. The van der Waals surface area contributed by atoms with Crippen LogP contribution in [0.4, 0.5) is 4.79 Å². The Labute approximate surface area is 159 Å². The number of hydrogen-bond donors (Lipinski definition) is 1. The lowest BCUT2D eigenvalue weighted by Crippen LogP contribution is -2.45. The van der Waals surface area contributed by atoms with Crippen LogP contribution in [0.15, 0.2) is 18.2 Å². The normalized spacial score (nSPS) is 24.1. The summed E-state index contributed by atoms with van der Waals surface area (Å²) in [5.41, 5.74) is 1.07. The van der Waals surface area contributed by atoms with E-state index in [1.165, 1.54) is 4.90 Å². The third-order valence-corrected chi connectivity index (χ3v) is 4.72. The first-order valence-electron chi connectivity index (χ1n) is 9.15. The van der Waals surface area contributed by atoms with E-state index in [2.05, 4.69) is 0 Å². The van der Waals surface area contributed by atoms with Crippen molar-refractivity contribution >= 4 is 12.1 Å². The molecular weight excluding hydrogens is 350 g/mol. The van der Waals surface area contributed by atoms with Crippen molar-refractivity contribution in [2.45, 2.75) is 71.0 Å². The molecule has 2 heterocycles. The number of carbonyl (C=O) groups is 2. The Morgan fingerprint density at radius 2 is 2.00 bits per heavy atom. The summed E-state index contributed by atoms with van der Waals surface area (Å²) in [6.07, 6.45) is -0.0360. The van der Waals surface area contributed by atoms with Crippen LogP contribution < -0.4 is 4.74 Å². The number of carbonyl (C=O) groups excluding carboxylic acids is 1. The fourth-order valence-corrected chi connectivity index (χ4v) is 3.56. The molecule has 1 amide bonds. The number of ether oxygens (including phenoxy) is 3. The van der Waals surface area contributed by atoms with Gasteiger partial charge >= 0.3 is 12.1 Å². The number of carboxylic acid groups (broad SMARTS) is 1. The van der Waals surface area contributed by atoms with Crippen LogP contribution in [0, 0.1) is 0 Å². The minimum atomic E-state index is -1.03. The average Bonchev–Trinajstić information content (AvgIpc) is 2.97. The highest BCUT2D eigenvalue weighted by Gasteiger charge is 2.44. The summed E-state index contributed by atoms with van der Waals surface area (Å²) in [5.74, 6) is -1.28. The largest absolute Gasteiger partial charge is 0.480 e. The molecule has 0 bridgehead atoms. The Hall–Kier alpha value is -2.28.